The number of hydrogen-bond donors (Lipinski definition) is 2. The lowest BCUT2D eigenvalue weighted by atomic mass is 9.53. The molecule has 0 aromatic rings. The average Bonchev–Trinajstić information content (AvgIpc) is 2.13. The predicted octanol–water partition coefficient (Wildman–Crippen LogP) is -0.337. The standard InChI is InChI=1S/C14H26N2/c1-16(2)4-3-15-14-8-11-5-12(9-14)7-13(6-11)10-14/h11-13,15H,3-10H2,1-2H3/p+2. The van der Waals surface area contributed by atoms with Gasteiger partial charge in [0.1, 0.15) is 13.1 Å². The minimum atomic E-state index is 0.699. The quantitative estimate of drug-likeness (QED) is 0.652. The van der Waals surface area contributed by atoms with Crippen molar-refractivity contribution in [1.29, 1.82) is 0 Å². The van der Waals surface area contributed by atoms with Crippen molar-refractivity contribution in [2.24, 2.45) is 17.8 Å². The number of hydrogen-bond acceptors (Lipinski definition) is 0. The van der Waals surface area contributed by atoms with E-state index in [1.165, 1.54) is 13.1 Å². The molecule has 4 saturated carbocycles. The first kappa shape index (κ1) is 11.0. The van der Waals surface area contributed by atoms with Gasteiger partial charge < -0.3 is 10.2 Å². The third kappa shape index (κ3) is 2.02. The lowest BCUT2D eigenvalue weighted by molar-refractivity contribution is -0.881. The molecule has 0 heterocycles. The van der Waals surface area contributed by atoms with Gasteiger partial charge in [-0.15, -0.1) is 0 Å². The summed E-state index contributed by atoms with van der Waals surface area (Å²) in [5, 5.41) is 2.74. The van der Waals surface area contributed by atoms with Crippen molar-refractivity contribution in [3.05, 3.63) is 0 Å². The molecular weight excluding hydrogens is 196 g/mol. The Morgan fingerprint density at radius 1 is 1.00 bits per heavy atom. The van der Waals surface area contributed by atoms with E-state index in [2.05, 4.69) is 19.4 Å². The van der Waals surface area contributed by atoms with Crippen molar-refractivity contribution in [3.63, 3.8) is 0 Å². The molecule has 0 unspecified atom stereocenters. The van der Waals surface area contributed by atoms with Crippen LogP contribution >= 0.6 is 0 Å². The molecule has 4 aliphatic carbocycles. The van der Waals surface area contributed by atoms with Crippen molar-refractivity contribution in [2.75, 3.05) is 27.2 Å². The van der Waals surface area contributed by atoms with E-state index < -0.39 is 0 Å². The van der Waals surface area contributed by atoms with Crippen LogP contribution in [0.15, 0.2) is 0 Å². The largest absolute Gasteiger partial charge is 0.337 e. The van der Waals surface area contributed by atoms with Crippen LogP contribution in [0.4, 0.5) is 0 Å². The summed E-state index contributed by atoms with van der Waals surface area (Å²) in [7, 11) is 4.54. The fraction of sp³-hybridized carbons (Fsp3) is 1.00. The Morgan fingerprint density at radius 2 is 1.50 bits per heavy atom. The summed E-state index contributed by atoms with van der Waals surface area (Å²) in [6.07, 6.45) is 9.36. The molecule has 0 aromatic heterocycles. The van der Waals surface area contributed by atoms with Gasteiger partial charge in [-0.3, -0.25) is 0 Å². The first-order chi connectivity index (χ1) is 7.65. The Hall–Kier alpha value is -0.0800. The summed E-state index contributed by atoms with van der Waals surface area (Å²) < 4.78 is 0. The van der Waals surface area contributed by atoms with Gasteiger partial charge in [0.2, 0.25) is 0 Å². The molecule has 2 heteroatoms. The molecule has 0 atom stereocenters. The van der Waals surface area contributed by atoms with E-state index in [0.717, 1.165) is 17.8 Å². The zero-order valence-electron chi connectivity index (χ0n) is 11.0. The van der Waals surface area contributed by atoms with Crippen LogP contribution in [-0.4, -0.2) is 32.7 Å². The van der Waals surface area contributed by atoms with E-state index in [1.807, 2.05) is 0 Å². The third-order valence-corrected chi connectivity index (χ3v) is 5.31. The smallest absolute Gasteiger partial charge is 0.126 e. The summed E-state index contributed by atoms with van der Waals surface area (Å²) in [6.45, 7) is 2.66. The topological polar surface area (TPSA) is 21.1 Å². The van der Waals surface area contributed by atoms with Crippen molar-refractivity contribution in [1.82, 2.24) is 0 Å². The lowest BCUT2D eigenvalue weighted by Crippen LogP contribution is -3.11. The van der Waals surface area contributed by atoms with Gasteiger partial charge in [0.15, 0.2) is 0 Å². The molecule has 16 heavy (non-hydrogen) atoms. The molecule has 4 rings (SSSR count). The molecule has 0 spiro atoms. The average molecular weight is 224 g/mol. The Kier molecular flexibility index (Phi) is 2.75. The zero-order chi connectivity index (χ0) is 11.2. The number of nitrogens with two attached hydrogens (primary N) is 1. The van der Waals surface area contributed by atoms with Gasteiger partial charge in [-0.25, -0.2) is 0 Å². The maximum Gasteiger partial charge on any atom is 0.126 e. The second kappa shape index (κ2) is 3.99. The van der Waals surface area contributed by atoms with E-state index >= 15 is 0 Å². The molecule has 0 aromatic carbocycles. The summed E-state index contributed by atoms with van der Waals surface area (Å²) >= 11 is 0. The van der Waals surface area contributed by atoms with Crippen LogP contribution in [0, 0.1) is 17.8 Å². The van der Waals surface area contributed by atoms with Gasteiger partial charge in [0, 0.05) is 19.3 Å². The first-order valence-electron chi connectivity index (χ1n) is 7.29. The molecule has 92 valence electrons. The van der Waals surface area contributed by atoms with Crippen LogP contribution in [0.5, 0.6) is 0 Å². The highest BCUT2D eigenvalue weighted by atomic mass is 15.1. The minimum Gasteiger partial charge on any atom is -0.337 e. The van der Waals surface area contributed by atoms with Crippen LogP contribution in [0.3, 0.4) is 0 Å². The number of likely N-dealkylation sites (N-methyl/N-ethyl adjacent to an activating group) is 1. The normalized spacial score (nSPS) is 45.6. The van der Waals surface area contributed by atoms with E-state index in [1.54, 1.807) is 43.4 Å². The number of quaternary nitrogens is 2. The number of rotatable bonds is 4. The lowest BCUT2D eigenvalue weighted by Gasteiger charge is -2.54. The van der Waals surface area contributed by atoms with E-state index in [4.69, 9.17) is 0 Å². The molecule has 4 fully saturated rings. The van der Waals surface area contributed by atoms with E-state index in [0.29, 0.717) is 5.54 Å². The van der Waals surface area contributed by atoms with E-state index in [-0.39, 0.29) is 0 Å². The van der Waals surface area contributed by atoms with Gasteiger partial charge in [0.25, 0.3) is 0 Å². The summed E-state index contributed by atoms with van der Waals surface area (Å²) in [6, 6.07) is 0. The second-order valence-electron chi connectivity index (χ2n) is 7.23. The second-order valence-corrected chi connectivity index (χ2v) is 7.23. The van der Waals surface area contributed by atoms with Crippen LogP contribution in [-0.2, 0) is 0 Å². The Labute approximate surface area is 99.8 Å². The predicted molar refractivity (Wildman–Crippen MR) is 65.4 cm³/mol. The highest BCUT2D eigenvalue weighted by Gasteiger charge is 2.53. The van der Waals surface area contributed by atoms with Gasteiger partial charge >= 0.3 is 0 Å². The zero-order valence-corrected chi connectivity index (χ0v) is 11.0. The third-order valence-electron chi connectivity index (χ3n) is 5.31. The highest BCUT2D eigenvalue weighted by Crippen LogP contribution is 2.54. The van der Waals surface area contributed by atoms with Crippen molar-refractivity contribution < 1.29 is 10.2 Å². The molecule has 0 aliphatic heterocycles. The summed E-state index contributed by atoms with van der Waals surface area (Å²) in [5.74, 6) is 3.32. The van der Waals surface area contributed by atoms with Gasteiger partial charge in [0.05, 0.1) is 19.6 Å². The SMILES string of the molecule is C[NH+](C)CC[NH2+]C12CC3CC(CC(C3)C1)C2. The van der Waals surface area contributed by atoms with E-state index in [9.17, 15) is 0 Å². The van der Waals surface area contributed by atoms with Crippen molar-refractivity contribution in [2.45, 2.75) is 44.1 Å². The van der Waals surface area contributed by atoms with Crippen LogP contribution < -0.4 is 10.2 Å². The molecule has 0 saturated heterocycles. The maximum absolute atomic E-state index is 2.74. The first-order valence-corrected chi connectivity index (χ1v) is 7.29. The molecule has 2 nitrogen and oxygen atoms in total. The Bertz CT molecular complexity index is 224. The summed E-state index contributed by atoms with van der Waals surface area (Å²) in [4.78, 5) is 1.60. The molecule has 0 radical (unpaired) electrons. The fourth-order valence-electron chi connectivity index (χ4n) is 5.09. The molecule has 4 aliphatic rings. The monoisotopic (exact) mass is 224 g/mol. The van der Waals surface area contributed by atoms with Gasteiger partial charge in [-0.2, -0.15) is 0 Å². The van der Waals surface area contributed by atoms with Crippen molar-refractivity contribution in [3.8, 4) is 0 Å². The molecule has 0 amide bonds. The molecular formula is C14H28N2+2. The minimum absolute atomic E-state index is 0.699. The van der Waals surface area contributed by atoms with Gasteiger partial charge in [-0.1, -0.05) is 0 Å². The van der Waals surface area contributed by atoms with Crippen LogP contribution in [0.2, 0.25) is 0 Å². The highest BCUT2D eigenvalue weighted by molar-refractivity contribution is 5.01. The van der Waals surface area contributed by atoms with Gasteiger partial charge in [-0.05, 0) is 37.0 Å². The summed E-state index contributed by atoms with van der Waals surface area (Å²) in [5.41, 5.74) is 0.699. The Balaban J connectivity index is 1.60. The number of nitrogens with one attached hydrogen (secondary N) is 1. The molecule has 4 bridgehead atoms. The fourth-order valence-corrected chi connectivity index (χ4v) is 5.09. The molecule has 3 N–H and O–H groups in total. The van der Waals surface area contributed by atoms with Crippen LogP contribution in [0.25, 0.3) is 0 Å². The Morgan fingerprint density at radius 3 is 1.94 bits per heavy atom. The van der Waals surface area contributed by atoms with Crippen LogP contribution in [0.1, 0.15) is 38.5 Å². The van der Waals surface area contributed by atoms with Crippen molar-refractivity contribution >= 4 is 0 Å². The maximum atomic E-state index is 2.74.